The Bertz CT molecular complexity index is 505. The molecule has 0 radical (unpaired) electrons. The molecule has 10 nitrogen and oxygen atoms in total. The van der Waals surface area contributed by atoms with Crippen LogP contribution in [0.5, 0.6) is 0 Å². The first-order valence-electron chi connectivity index (χ1n) is 4.26. The van der Waals surface area contributed by atoms with Crippen LogP contribution in [-0.2, 0) is 14.4 Å². The molecule has 0 fully saturated rings. The van der Waals surface area contributed by atoms with Crippen molar-refractivity contribution in [2.75, 3.05) is 0 Å². The molecule has 1 unspecified atom stereocenters. The van der Waals surface area contributed by atoms with E-state index in [1.165, 1.54) is 0 Å². The SMILES string of the molecule is O=C(O)C1=CN(C(=O)O)C(C(=O)O)C(C(=O)O)=N1. The number of carbonyl (C=O) groups is 4. The smallest absolute Gasteiger partial charge is 0.412 e. The first-order valence-corrected chi connectivity index (χ1v) is 4.26. The third kappa shape index (κ3) is 2.26. The predicted octanol–water partition coefficient (Wildman–Crippen LogP) is -1.12. The fraction of sp³-hybridized carbons (Fsp3) is 0.125. The van der Waals surface area contributed by atoms with E-state index >= 15 is 0 Å². The van der Waals surface area contributed by atoms with E-state index < -0.39 is 41.5 Å². The molecule has 0 aliphatic carbocycles. The Kier molecular flexibility index (Phi) is 3.31. The maximum atomic E-state index is 10.8. The summed E-state index contributed by atoms with van der Waals surface area (Å²) in [5.74, 6) is -5.27. The van der Waals surface area contributed by atoms with Crippen LogP contribution in [0, 0.1) is 0 Å². The Balaban J connectivity index is 3.39. The lowest BCUT2D eigenvalue weighted by molar-refractivity contribution is -0.141. The maximum absolute atomic E-state index is 10.8. The van der Waals surface area contributed by atoms with Crippen LogP contribution in [0.1, 0.15) is 0 Å². The highest BCUT2D eigenvalue weighted by Gasteiger charge is 2.40. The Hall–Kier alpha value is -2.91. The van der Waals surface area contributed by atoms with E-state index in [-0.39, 0.29) is 4.90 Å². The molecule has 0 aromatic heterocycles. The zero-order valence-corrected chi connectivity index (χ0v) is 8.47. The molecule has 1 rings (SSSR count). The van der Waals surface area contributed by atoms with Gasteiger partial charge in [-0.1, -0.05) is 0 Å². The van der Waals surface area contributed by atoms with Crippen molar-refractivity contribution in [3.8, 4) is 0 Å². The largest absolute Gasteiger partial charge is 0.479 e. The lowest BCUT2D eigenvalue weighted by Crippen LogP contribution is -2.51. The predicted molar refractivity (Wildman–Crippen MR) is 52.1 cm³/mol. The number of aliphatic carboxylic acids is 3. The van der Waals surface area contributed by atoms with Crippen molar-refractivity contribution in [1.82, 2.24) is 4.90 Å². The zero-order valence-electron chi connectivity index (χ0n) is 8.47. The Morgan fingerprint density at radius 1 is 1.06 bits per heavy atom. The fourth-order valence-corrected chi connectivity index (χ4v) is 1.23. The average Bonchev–Trinajstić information content (AvgIpc) is 2.26. The van der Waals surface area contributed by atoms with Crippen molar-refractivity contribution in [3.05, 3.63) is 11.9 Å². The van der Waals surface area contributed by atoms with Crippen molar-refractivity contribution < 1.29 is 39.6 Å². The maximum Gasteiger partial charge on any atom is 0.412 e. The average molecular weight is 258 g/mol. The van der Waals surface area contributed by atoms with Gasteiger partial charge in [-0.3, -0.25) is 4.90 Å². The van der Waals surface area contributed by atoms with Crippen LogP contribution in [-0.4, -0.2) is 61.1 Å². The number of nitrogens with zero attached hydrogens (tertiary/aromatic N) is 2. The summed E-state index contributed by atoms with van der Waals surface area (Å²) in [4.78, 5) is 46.2. The highest BCUT2D eigenvalue weighted by atomic mass is 16.4. The molecule has 0 aromatic carbocycles. The molecule has 1 aliphatic rings. The second-order valence-corrected chi connectivity index (χ2v) is 3.05. The first-order chi connectivity index (χ1) is 8.25. The van der Waals surface area contributed by atoms with E-state index in [0.717, 1.165) is 0 Å². The van der Waals surface area contributed by atoms with Gasteiger partial charge in [0.1, 0.15) is 0 Å². The van der Waals surface area contributed by atoms with Crippen LogP contribution < -0.4 is 0 Å². The molecular formula is C8H6N2O8. The van der Waals surface area contributed by atoms with E-state index in [1.54, 1.807) is 0 Å². The molecule has 4 N–H and O–H groups in total. The summed E-state index contributed by atoms with van der Waals surface area (Å²) in [5.41, 5.74) is -1.97. The molecule has 96 valence electrons. The third-order valence-electron chi connectivity index (χ3n) is 1.93. The highest BCUT2D eigenvalue weighted by Crippen LogP contribution is 2.16. The molecule has 0 bridgehead atoms. The lowest BCUT2D eigenvalue weighted by Gasteiger charge is -2.25. The van der Waals surface area contributed by atoms with Gasteiger partial charge in [-0.05, 0) is 0 Å². The number of hydrogen-bond donors (Lipinski definition) is 4. The third-order valence-corrected chi connectivity index (χ3v) is 1.93. The van der Waals surface area contributed by atoms with Gasteiger partial charge in [0.15, 0.2) is 17.5 Å². The summed E-state index contributed by atoms with van der Waals surface area (Å²) in [7, 11) is 0. The minimum Gasteiger partial charge on any atom is -0.479 e. The summed E-state index contributed by atoms with van der Waals surface area (Å²) >= 11 is 0. The zero-order chi connectivity index (χ0) is 14.0. The van der Waals surface area contributed by atoms with Crippen molar-refractivity contribution in [1.29, 1.82) is 0 Å². The normalized spacial score (nSPS) is 18.7. The van der Waals surface area contributed by atoms with Crippen LogP contribution in [0.25, 0.3) is 0 Å². The van der Waals surface area contributed by atoms with Gasteiger partial charge in [0.25, 0.3) is 0 Å². The first kappa shape index (κ1) is 13.2. The van der Waals surface area contributed by atoms with Crippen LogP contribution in [0.15, 0.2) is 16.9 Å². The Morgan fingerprint density at radius 2 is 1.61 bits per heavy atom. The minimum absolute atomic E-state index is 0.0578. The van der Waals surface area contributed by atoms with Gasteiger partial charge in [-0.2, -0.15) is 0 Å². The van der Waals surface area contributed by atoms with Crippen LogP contribution in [0.4, 0.5) is 4.79 Å². The summed E-state index contributed by atoms with van der Waals surface area (Å²) < 4.78 is 0. The molecule has 0 saturated heterocycles. The molecule has 0 saturated carbocycles. The number of carboxylic acids is 3. The van der Waals surface area contributed by atoms with Crippen molar-refractivity contribution in [3.63, 3.8) is 0 Å². The molecule has 18 heavy (non-hydrogen) atoms. The molecule has 0 spiro atoms. The van der Waals surface area contributed by atoms with Gasteiger partial charge < -0.3 is 20.4 Å². The molecule has 10 heteroatoms. The number of rotatable bonds is 3. The molecule has 0 aromatic rings. The topological polar surface area (TPSA) is 165 Å². The van der Waals surface area contributed by atoms with Gasteiger partial charge in [-0.15, -0.1) is 0 Å². The summed E-state index contributed by atoms with van der Waals surface area (Å²) in [6.45, 7) is 0. The lowest BCUT2D eigenvalue weighted by atomic mass is 10.1. The number of amides is 1. The molecule has 1 aliphatic heterocycles. The van der Waals surface area contributed by atoms with Crippen molar-refractivity contribution in [2.24, 2.45) is 4.99 Å². The minimum atomic E-state index is -2.09. The number of aliphatic imine (C=N–C) groups is 1. The summed E-state index contributed by atoms with van der Waals surface area (Å²) in [6, 6.07) is -2.09. The van der Waals surface area contributed by atoms with Gasteiger partial charge in [0.05, 0.1) is 0 Å². The standard InChI is InChI=1S/C8H6N2O8/c11-5(12)2-1-10(8(17)18)4(7(15)16)3(9-2)6(13)14/h1,4H,(H,11,12)(H,13,14)(H,15,16)(H,17,18). The van der Waals surface area contributed by atoms with E-state index in [4.69, 9.17) is 20.4 Å². The molecule has 1 amide bonds. The molecular weight excluding hydrogens is 252 g/mol. The van der Waals surface area contributed by atoms with E-state index in [0.29, 0.717) is 6.20 Å². The van der Waals surface area contributed by atoms with Crippen LogP contribution in [0.2, 0.25) is 0 Å². The second kappa shape index (κ2) is 4.53. The van der Waals surface area contributed by atoms with Crippen LogP contribution >= 0.6 is 0 Å². The fourth-order valence-electron chi connectivity index (χ4n) is 1.23. The van der Waals surface area contributed by atoms with Gasteiger partial charge in [0.2, 0.25) is 0 Å². The molecule has 1 heterocycles. The van der Waals surface area contributed by atoms with Crippen LogP contribution in [0.3, 0.4) is 0 Å². The summed E-state index contributed by atoms with van der Waals surface area (Å²) in [6.07, 6.45) is -1.37. The molecule has 1 atom stereocenters. The second-order valence-electron chi connectivity index (χ2n) is 3.05. The number of carboxylic acid groups (broad SMARTS) is 4. The van der Waals surface area contributed by atoms with Crippen molar-refractivity contribution >= 4 is 29.7 Å². The Labute approximate surface area is 98.1 Å². The van der Waals surface area contributed by atoms with Gasteiger partial charge in [-0.25, -0.2) is 24.2 Å². The number of hydrogen-bond acceptors (Lipinski definition) is 5. The monoisotopic (exact) mass is 258 g/mol. The van der Waals surface area contributed by atoms with E-state index in [9.17, 15) is 19.2 Å². The van der Waals surface area contributed by atoms with Gasteiger partial charge >= 0.3 is 24.0 Å². The van der Waals surface area contributed by atoms with E-state index in [1.807, 2.05) is 0 Å². The van der Waals surface area contributed by atoms with Gasteiger partial charge in [0, 0.05) is 6.20 Å². The van der Waals surface area contributed by atoms with Crippen molar-refractivity contribution in [2.45, 2.75) is 6.04 Å². The Morgan fingerprint density at radius 3 is 1.94 bits per heavy atom. The van der Waals surface area contributed by atoms with E-state index in [2.05, 4.69) is 4.99 Å². The quantitative estimate of drug-likeness (QED) is 0.494. The summed E-state index contributed by atoms with van der Waals surface area (Å²) in [5, 5.41) is 34.9. The highest BCUT2D eigenvalue weighted by molar-refractivity contribution is 6.42.